The van der Waals surface area contributed by atoms with Crippen LogP contribution in [0.1, 0.15) is 5.56 Å². The molecule has 0 fully saturated rings. The lowest BCUT2D eigenvalue weighted by Gasteiger charge is -2.04. The van der Waals surface area contributed by atoms with Crippen molar-refractivity contribution in [3.05, 3.63) is 71.5 Å². The molecule has 1 unspecified atom stereocenters. The van der Waals surface area contributed by atoms with E-state index >= 15 is 0 Å². The lowest BCUT2D eigenvalue weighted by atomic mass is 10.2. The Kier molecular flexibility index (Phi) is 4.91. The molecule has 1 N–H and O–H groups in total. The Morgan fingerprint density at radius 3 is 2.10 bits per heavy atom. The van der Waals surface area contributed by atoms with Gasteiger partial charge >= 0.3 is 5.97 Å². The number of hydrogen-bond acceptors (Lipinski definition) is 3. The standard InChI is InChI=1S/C17H15O3P/c1-20-17(19)16(15(18)13-9-5-3-6-10-13)21(2)14-11-7-4-8-12-14/h3-12H,2H2,1H3/p+1. The zero-order valence-electron chi connectivity index (χ0n) is 11.7. The van der Waals surface area contributed by atoms with Crippen LogP contribution in [0.25, 0.3) is 5.76 Å². The Labute approximate surface area is 124 Å². The Morgan fingerprint density at radius 2 is 1.57 bits per heavy atom. The van der Waals surface area contributed by atoms with E-state index in [1.165, 1.54) is 7.11 Å². The highest BCUT2D eigenvalue weighted by Gasteiger charge is 2.31. The lowest BCUT2D eigenvalue weighted by Crippen LogP contribution is -2.09. The van der Waals surface area contributed by atoms with Gasteiger partial charge in [-0.15, -0.1) is 0 Å². The van der Waals surface area contributed by atoms with Crippen molar-refractivity contribution in [3.63, 3.8) is 0 Å². The lowest BCUT2D eigenvalue weighted by molar-refractivity contribution is -0.135. The first-order chi connectivity index (χ1) is 10.1. The number of carbonyl (C=O) groups is 1. The SMILES string of the molecule is C=[P+](C(C(=O)OC)=C(O)c1ccccc1)c1ccccc1. The molecule has 1 atom stereocenters. The molecule has 4 heteroatoms. The van der Waals surface area contributed by atoms with Crippen LogP contribution in [-0.4, -0.2) is 24.5 Å². The highest BCUT2D eigenvalue weighted by Crippen LogP contribution is 2.36. The number of carbonyl (C=O) groups excluding carboxylic acids is 1. The van der Waals surface area contributed by atoms with Crippen molar-refractivity contribution in [2.45, 2.75) is 0 Å². The summed E-state index contributed by atoms with van der Waals surface area (Å²) in [5, 5.41) is 11.6. The summed E-state index contributed by atoms with van der Waals surface area (Å²) in [5.41, 5.74) is 0.574. The van der Waals surface area contributed by atoms with Crippen LogP contribution in [0.2, 0.25) is 0 Å². The molecule has 2 aromatic rings. The van der Waals surface area contributed by atoms with Crippen LogP contribution < -0.4 is 5.30 Å². The van der Waals surface area contributed by atoms with Crippen molar-refractivity contribution in [2.75, 3.05) is 7.11 Å². The van der Waals surface area contributed by atoms with E-state index in [4.69, 9.17) is 4.74 Å². The molecule has 0 amide bonds. The van der Waals surface area contributed by atoms with Gasteiger partial charge < -0.3 is 9.84 Å². The van der Waals surface area contributed by atoms with Gasteiger partial charge in [-0.3, -0.25) is 0 Å². The summed E-state index contributed by atoms with van der Waals surface area (Å²) in [6.45, 7) is 0. The van der Waals surface area contributed by atoms with Gasteiger partial charge in [-0.1, -0.05) is 48.5 Å². The Bertz CT molecular complexity index is 676. The number of ether oxygens (including phenoxy) is 1. The number of esters is 1. The number of hydrogen-bond donors (Lipinski definition) is 1. The molecule has 0 heterocycles. The summed E-state index contributed by atoms with van der Waals surface area (Å²) in [4.78, 5) is 12.1. The molecular weight excluding hydrogens is 283 g/mol. The fourth-order valence-corrected chi connectivity index (χ4v) is 3.39. The van der Waals surface area contributed by atoms with E-state index in [0.29, 0.717) is 5.56 Å². The zero-order valence-corrected chi connectivity index (χ0v) is 12.6. The minimum atomic E-state index is -1.24. The summed E-state index contributed by atoms with van der Waals surface area (Å²) in [6.07, 6.45) is 4.07. The second-order valence-corrected chi connectivity index (χ2v) is 6.14. The molecule has 0 aliphatic rings. The molecule has 3 nitrogen and oxygen atoms in total. The van der Waals surface area contributed by atoms with Gasteiger partial charge in [0.2, 0.25) is 0 Å². The number of methoxy groups -OCH3 is 1. The zero-order chi connectivity index (χ0) is 15.2. The molecule has 0 saturated heterocycles. The second kappa shape index (κ2) is 6.87. The van der Waals surface area contributed by atoms with E-state index in [2.05, 4.69) is 6.30 Å². The third-order valence-corrected chi connectivity index (χ3v) is 4.84. The summed E-state index contributed by atoms with van der Waals surface area (Å²) >= 11 is 0. The average Bonchev–Trinajstić information content (AvgIpc) is 2.56. The van der Waals surface area contributed by atoms with E-state index in [1.807, 2.05) is 36.4 Å². The summed E-state index contributed by atoms with van der Waals surface area (Å²) in [5.74, 6) is -0.631. The van der Waals surface area contributed by atoms with Crippen LogP contribution in [0.15, 0.2) is 66.0 Å². The van der Waals surface area contributed by atoms with Crippen LogP contribution >= 0.6 is 7.55 Å². The Balaban J connectivity index is 2.54. The van der Waals surface area contributed by atoms with Crippen molar-refractivity contribution in [1.82, 2.24) is 0 Å². The van der Waals surface area contributed by atoms with Crippen LogP contribution in [0, 0.1) is 0 Å². The second-order valence-electron chi connectivity index (χ2n) is 4.32. The maximum atomic E-state index is 12.1. The molecule has 0 spiro atoms. The molecule has 0 bridgehead atoms. The quantitative estimate of drug-likeness (QED) is 0.408. The van der Waals surface area contributed by atoms with Gasteiger partial charge in [-0.25, -0.2) is 4.79 Å². The molecule has 2 rings (SSSR count). The van der Waals surface area contributed by atoms with Gasteiger partial charge in [-0.2, -0.15) is 0 Å². The van der Waals surface area contributed by atoms with E-state index in [0.717, 1.165) is 5.30 Å². The van der Waals surface area contributed by atoms with Crippen molar-refractivity contribution in [2.24, 2.45) is 0 Å². The first-order valence-corrected chi connectivity index (χ1v) is 7.90. The molecule has 106 valence electrons. The molecule has 21 heavy (non-hydrogen) atoms. The van der Waals surface area contributed by atoms with Crippen LogP contribution in [0.5, 0.6) is 0 Å². The normalized spacial score (nSPS) is 12.3. The Morgan fingerprint density at radius 1 is 1.05 bits per heavy atom. The van der Waals surface area contributed by atoms with Crippen molar-refractivity contribution >= 4 is 30.9 Å². The molecule has 2 aromatic carbocycles. The smallest absolute Gasteiger partial charge is 0.385 e. The third kappa shape index (κ3) is 3.39. The van der Waals surface area contributed by atoms with E-state index in [-0.39, 0.29) is 11.1 Å². The van der Waals surface area contributed by atoms with Crippen molar-refractivity contribution in [3.8, 4) is 0 Å². The summed E-state index contributed by atoms with van der Waals surface area (Å²) in [6, 6.07) is 18.4. The number of aliphatic hydroxyl groups excluding tert-OH is 1. The molecular formula is C17H16O3P+. The highest BCUT2D eigenvalue weighted by atomic mass is 31.1. The van der Waals surface area contributed by atoms with Crippen LogP contribution in [-0.2, 0) is 9.53 Å². The van der Waals surface area contributed by atoms with Gasteiger partial charge in [0.15, 0.2) is 18.6 Å². The first-order valence-electron chi connectivity index (χ1n) is 6.37. The molecule has 0 aliphatic carbocycles. The van der Waals surface area contributed by atoms with E-state index in [1.54, 1.807) is 24.3 Å². The molecule has 0 radical (unpaired) electrons. The van der Waals surface area contributed by atoms with E-state index < -0.39 is 13.5 Å². The predicted molar refractivity (Wildman–Crippen MR) is 88.1 cm³/mol. The van der Waals surface area contributed by atoms with Crippen LogP contribution in [0.4, 0.5) is 0 Å². The van der Waals surface area contributed by atoms with Gasteiger partial charge in [0, 0.05) is 5.56 Å². The van der Waals surface area contributed by atoms with Gasteiger partial charge in [-0.05, 0) is 12.1 Å². The number of benzene rings is 2. The fraction of sp³-hybridized carbons (Fsp3) is 0.0588. The summed E-state index contributed by atoms with van der Waals surface area (Å²) < 4.78 is 4.82. The summed E-state index contributed by atoms with van der Waals surface area (Å²) in [7, 11) is 0.0581. The topological polar surface area (TPSA) is 46.5 Å². The number of rotatable bonds is 4. The minimum Gasteiger partial charge on any atom is -0.503 e. The largest absolute Gasteiger partial charge is 0.503 e. The van der Waals surface area contributed by atoms with Gasteiger partial charge in [0.1, 0.15) is 0 Å². The number of aliphatic hydroxyl groups is 1. The molecule has 0 aromatic heterocycles. The van der Waals surface area contributed by atoms with Crippen molar-refractivity contribution < 1.29 is 14.6 Å². The Hall–Kier alpha value is -2.38. The average molecular weight is 299 g/mol. The van der Waals surface area contributed by atoms with Gasteiger partial charge in [0.05, 0.1) is 13.4 Å². The molecule has 0 aliphatic heterocycles. The fourth-order valence-electron chi connectivity index (χ4n) is 1.90. The van der Waals surface area contributed by atoms with E-state index in [9.17, 15) is 9.90 Å². The molecule has 0 saturated carbocycles. The minimum absolute atomic E-state index is 0.0765. The predicted octanol–water partition coefficient (Wildman–Crippen LogP) is 3.33. The third-order valence-electron chi connectivity index (χ3n) is 2.99. The maximum Gasteiger partial charge on any atom is 0.385 e. The highest BCUT2D eigenvalue weighted by molar-refractivity contribution is 7.69. The van der Waals surface area contributed by atoms with Crippen molar-refractivity contribution in [1.29, 1.82) is 0 Å². The van der Waals surface area contributed by atoms with Gasteiger partial charge in [0.25, 0.3) is 5.31 Å². The first kappa shape index (κ1) is 15.0. The van der Waals surface area contributed by atoms with Crippen LogP contribution in [0.3, 0.4) is 0 Å². The monoisotopic (exact) mass is 299 g/mol. The maximum absolute atomic E-state index is 12.1.